The number of halogens is 1. The van der Waals surface area contributed by atoms with Gasteiger partial charge in [-0.2, -0.15) is 0 Å². The lowest BCUT2D eigenvalue weighted by molar-refractivity contribution is -0.146. The summed E-state index contributed by atoms with van der Waals surface area (Å²) in [5, 5.41) is 2.71. The number of hydrogen-bond acceptors (Lipinski definition) is 3. The molecule has 0 fully saturated rings. The van der Waals surface area contributed by atoms with E-state index in [1.54, 1.807) is 6.08 Å². The van der Waals surface area contributed by atoms with Crippen LogP contribution in [0.25, 0.3) is 0 Å². The molecule has 1 unspecified atom stereocenters. The Bertz CT molecular complexity index is 462. The van der Waals surface area contributed by atoms with Gasteiger partial charge >= 0.3 is 5.97 Å². The van der Waals surface area contributed by atoms with Gasteiger partial charge in [0.25, 0.3) is 0 Å². The average molecular weight is 386 g/mol. The van der Waals surface area contributed by atoms with Gasteiger partial charge in [0, 0.05) is 0 Å². The maximum Gasteiger partial charge on any atom is 0.326 e. The Morgan fingerprint density at radius 3 is 2.04 bits per heavy atom. The van der Waals surface area contributed by atoms with E-state index in [9.17, 15) is 9.59 Å². The number of nitrogens with one attached hydrogen (secondary N) is 1. The molecule has 0 spiro atoms. The summed E-state index contributed by atoms with van der Waals surface area (Å²) in [5.74, 6) is -0.538. The number of carbonyl (C=O) groups is 2. The van der Waals surface area contributed by atoms with Crippen LogP contribution in [0.5, 0.6) is 0 Å². The molecule has 1 atom stereocenters. The molecule has 0 aliphatic rings. The molecule has 1 N–H and O–H groups in total. The molecule has 0 saturated heterocycles. The molecule has 4 nitrogen and oxygen atoms in total. The number of hydrogen-bond donors (Lipinski definition) is 1. The van der Waals surface area contributed by atoms with Crippen LogP contribution in [-0.2, 0) is 14.3 Å². The number of esters is 1. The Morgan fingerprint density at radius 2 is 1.62 bits per heavy atom. The minimum absolute atomic E-state index is 0.177. The van der Waals surface area contributed by atoms with Gasteiger partial charge in [-0.05, 0) is 12.0 Å². The van der Waals surface area contributed by atoms with E-state index < -0.39 is 12.1 Å². The summed E-state index contributed by atoms with van der Waals surface area (Å²) in [6, 6.07) is 9.22. The highest BCUT2D eigenvalue weighted by Gasteiger charge is 2.19. The third-order valence-corrected chi connectivity index (χ3v) is 2.68. The summed E-state index contributed by atoms with van der Waals surface area (Å²) >= 11 is 6.15. The smallest absolute Gasteiger partial charge is 0.326 e. The lowest BCUT2D eigenvalue weighted by Crippen LogP contribution is -2.25. The van der Waals surface area contributed by atoms with Crippen LogP contribution in [0.1, 0.15) is 73.0 Å². The van der Waals surface area contributed by atoms with E-state index in [1.807, 2.05) is 65.0 Å². The first-order chi connectivity index (χ1) is 12.6. The SMILES string of the molecule is CC.CC.CC/C=C(/Cl)C(OC(=O)CNC=O)c1ccccc1.CCC. The summed E-state index contributed by atoms with van der Waals surface area (Å²) in [4.78, 5) is 21.7. The van der Waals surface area contributed by atoms with Crippen molar-refractivity contribution in [2.75, 3.05) is 6.54 Å². The summed E-state index contributed by atoms with van der Waals surface area (Å²) in [7, 11) is 0. The highest BCUT2D eigenvalue weighted by Crippen LogP contribution is 2.28. The molecule has 1 aromatic rings. The first-order valence-corrected chi connectivity index (χ1v) is 9.75. The maximum atomic E-state index is 11.6. The highest BCUT2D eigenvalue weighted by atomic mass is 35.5. The molecule has 5 heteroatoms. The Morgan fingerprint density at radius 1 is 1.12 bits per heavy atom. The van der Waals surface area contributed by atoms with Gasteiger partial charge in [0.1, 0.15) is 6.54 Å². The van der Waals surface area contributed by atoms with Crippen molar-refractivity contribution in [1.82, 2.24) is 5.32 Å². The first-order valence-electron chi connectivity index (χ1n) is 9.37. The van der Waals surface area contributed by atoms with Crippen molar-refractivity contribution < 1.29 is 14.3 Å². The number of rotatable bonds is 7. The van der Waals surface area contributed by atoms with Crippen LogP contribution in [0, 0.1) is 0 Å². The third-order valence-electron chi connectivity index (χ3n) is 2.33. The van der Waals surface area contributed by atoms with E-state index in [2.05, 4.69) is 19.2 Å². The van der Waals surface area contributed by atoms with Crippen molar-refractivity contribution in [3.8, 4) is 0 Å². The lowest BCUT2D eigenvalue weighted by atomic mass is 10.1. The minimum Gasteiger partial charge on any atom is -0.450 e. The fourth-order valence-corrected chi connectivity index (χ4v) is 1.84. The second-order valence-electron chi connectivity index (χ2n) is 4.48. The van der Waals surface area contributed by atoms with Gasteiger partial charge in [0.05, 0.1) is 5.03 Å². The Labute approximate surface area is 165 Å². The number of ether oxygens (including phenoxy) is 1. The van der Waals surface area contributed by atoms with Crippen molar-refractivity contribution in [3.05, 3.63) is 47.0 Å². The minimum atomic E-state index is -0.635. The molecule has 0 aliphatic carbocycles. The second-order valence-corrected chi connectivity index (χ2v) is 4.92. The van der Waals surface area contributed by atoms with Gasteiger partial charge in [0.2, 0.25) is 6.41 Å². The Balaban J connectivity index is -0.000000663. The van der Waals surface area contributed by atoms with Crippen LogP contribution >= 0.6 is 11.6 Å². The average Bonchev–Trinajstić information content (AvgIpc) is 2.69. The molecule has 0 bridgehead atoms. The van der Waals surface area contributed by atoms with Gasteiger partial charge in [-0.25, -0.2) is 0 Å². The zero-order valence-corrected chi connectivity index (χ0v) is 18.1. The quantitative estimate of drug-likeness (QED) is 0.461. The maximum absolute atomic E-state index is 11.6. The summed E-state index contributed by atoms with van der Waals surface area (Å²) < 4.78 is 5.29. The van der Waals surface area contributed by atoms with Crippen molar-refractivity contribution in [2.45, 2.75) is 67.4 Å². The summed E-state index contributed by atoms with van der Waals surface area (Å²) in [6.07, 6.45) is 3.59. The molecule has 1 amide bonds. The molecule has 1 rings (SSSR count). The van der Waals surface area contributed by atoms with Gasteiger partial charge in [-0.3, -0.25) is 9.59 Å². The monoisotopic (exact) mass is 385 g/mol. The molecule has 0 heterocycles. The van der Waals surface area contributed by atoms with Crippen molar-refractivity contribution >= 4 is 24.0 Å². The topological polar surface area (TPSA) is 55.4 Å². The predicted molar refractivity (Wildman–Crippen MR) is 112 cm³/mol. The lowest BCUT2D eigenvalue weighted by Gasteiger charge is -2.17. The van der Waals surface area contributed by atoms with E-state index in [4.69, 9.17) is 16.3 Å². The molecular formula is C21H36ClNO3. The Hall–Kier alpha value is -1.81. The van der Waals surface area contributed by atoms with Crippen molar-refractivity contribution in [2.24, 2.45) is 0 Å². The van der Waals surface area contributed by atoms with Crippen LogP contribution < -0.4 is 5.32 Å². The molecule has 0 aromatic heterocycles. The molecule has 0 aliphatic heterocycles. The standard InChI is InChI=1S/C14H16ClNO3.C3H8.2C2H6/c1-2-6-12(15)14(11-7-4-3-5-8-11)19-13(18)9-16-10-17;1-3-2;2*1-2/h3-8,10,14H,2,9H2,1H3,(H,16,17);3H2,1-2H3;2*1-2H3/b12-6+;;;. The zero-order valence-electron chi connectivity index (χ0n) is 17.3. The van der Waals surface area contributed by atoms with Gasteiger partial charge in [0.15, 0.2) is 6.10 Å². The molecular weight excluding hydrogens is 350 g/mol. The van der Waals surface area contributed by atoms with E-state index in [0.717, 1.165) is 12.0 Å². The number of carbonyl (C=O) groups excluding carboxylic acids is 2. The summed E-state index contributed by atoms with van der Waals surface area (Å²) in [6.45, 7) is 14.0. The molecule has 0 radical (unpaired) electrons. The fraction of sp³-hybridized carbons (Fsp3) is 0.524. The van der Waals surface area contributed by atoms with Gasteiger partial charge in [-0.1, -0.05) is 103 Å². The summed E-state index contributed by atoms with van der Waals surface area (Å²) in [5.41, 5.74) is 0.789. The molecule has 26 heavy (non-hydrogen) atoms. The molecule has 150 valence electrons. The van der Waals surface area contributed by atoms with Gasteiger partial charge in [-0.15, -0.1) is 0 Å². The Kier molecular flexibility index (Phi) is 25.8. The van der Waals surface area contributed by atoms with Crippen LogP contribution in [-0.4, -0.2) is 18.9 Å². The number of allylic oxidation sites excluding steroid dienone is 1. The largest absolute Gasteiger partial charge is 0.450 e. The van der Waals surface area contributed by atoms with E-state index in [0.29, 0.717) is 11.4 Å². The van der Waals surface area contributed by atoms with Crippen LogP contribution in [0.2, 0.25) is 0 Å². The zero-order chi connectivity index (χ0) is 20.8. The number of benzene rings is 1. The molecule has 0 saturated carbocycles. The second kappa shape index (κ2) is 23.2. The van der Waals surface area contributed by atoms with Crippen molar-refractivity contribution in [1.29, 1.82) is 0 Å². The predicted octanol–water partition coefficient (Wildman–Crippen LogP) is 6.02. The van der Waals surface area contributed by atoms with Crippen LogP contribution in [0.3, 0.4) is 0 Å². The van der Waals surface area contributed by atoms with E-state index >= 15 is 0 Å². The fourth-order valence-electron chi connectivity index (χ4n) is 1.51. The highest BCUT2D eigenvalue weighted by molar-refractivity contribution is 6.30. The first kappa shape index (κ1) is 29.0. The van der Waals surface area contributed by atoms with Crippen LogP contribution in [0.4, 0.5) is 0 Å². The van der Waals surface area contributed by atoms with Crippen LogP contribution in [0.15, 0.2) is 41.4 Å². The van der Waals surface area contributed by atoms with Gasteiger partial charge < -0.3 is 10.1 Å². The van der Waals surface area contributed by atoms with E-state index in [-0.39, 0.29) is 6.54 Å². The number of amides is 1. The third kappa shape index (κ3) is 15.7. The molecule has 1 aromatic carbocycles. The van der Waals surface area contributed by atoms with Crippen molar-refractivity contribution in [3.63, 3.8) is 0 Å². The normalized spacial score (nSPS) is 10.4. The van der Waals surface area contributed by atoms with E-state index in [1.165, 1.54) is 6.42 Å².